The van der Waals surface area contributed by atoms with E-state index >= 15 is 0 Å². The Morgan fingerprint density at radius 1 is 1.15 bits per heavy atom. The van der Waals surface area contributed by atoms with Gasteiger partial charge in [0.25, 0.3) is 0 Å². The van der Waals surface area contributed by atoms with E-state index < -0.39 is 0 Å². The maximum Gasteiger partial charge on any atom is 0.128 e. The van der Waals surface area contributed by atoms with E-state index in [1.165, 1.54) is 17.2 Å². The lowest BCUT2D eigenvalue weighted by Gasteiger charge is -2.19. The second-order valence-electron chi connectivity index (χ2n) is 4.91. The van der Waals surface area contributed by atoms with Gasteiger partial charge in [0.15, 0.2) is 0 Å². The molecule has 3 rings (SSSR count). The lowest BCUT2D eigenvalue weighted by molar-refractivity contribution is 0.134. The number of fused-ring (bicyclic) bond motifs is 1. The van der Waals surface area contributed by atoms with Crippen LogP contribution in [0.3, 0.4) is 0 Å². The highest BCUT2D eigenvalue weighted by Gasteiger charge is 2.19. The van der Waals surface area contributed by atoms with Crippen LogP contribution in [0.2, 0.25) is 0 Å². The monoisotopic (exact) mass is 335 g/mol. The number of halogens is 2. The van der Waals surface area contributed by atoms with Gasteiger partial charge in [-0.3, -0.25) is 0 Å². The Hall–Kier alpha value is -1.23. The molecule has 0 amide bonds. The molecule has 0 spiro atoms. The number of rotatable bonds is 3. The lowest BCUT2D eigenvalue weighted by Crippen LogP contribution is -2.19. The molecule has 20 heavy (non-hydrogen) atoms. The summed E-state index contributed by atoms with van der Waals surface area (Å²) in [5.74, 6) is -0.204. The summed E-state index contributed by atoms with van der Waals surface area (Å²) in [5.41, 5.74) is 4.10. The first kappa shape index (κ1) is 13.7. The summed E-state index contributed by atoms with van der Waals surface area (Å²) in [6.45, 7) is 1.31. The van der Waals surface area contributed by atoms with Gasteiger partial charge in [-0.1, -0.05) is 34.1 Å². The fourth-order valence-corrected chi connectivity index (χ4v) is 2.99. The summed E-state index contributed by atoms with van der Waals surface area (Å²) >= 11 is 3.40. The molecule has 2 nitrogen and oxygen atoms in total. The molecule has 1 atom stereocenters. The van der Waals surface area contributed by atoms with E-state index in [4.69, 9.17) is 4.74 Å². The third kappa shape index (κ3) is 2.51. The van der Waals surface area contributed by atoms with Crippen molar-refractivity contribution in [2.24, 2.45) is 0 Å². The summed E-state index contributed by atoms with van der Waals surface area (Å²) in [6, 6.07) is 11.1. The van der Waals surface area contributed by atoms with Gasteiger partial charge in [0.1, 0.15) is 5.82 Å². The molecule has 0 fully saturated rings. The van der Waals surface area contributed by atoms with Crippen LogP contribution in [0.25, 0.3) is 0 Å². The second-order valence-corrected chi connectivity index (χ2v) is 5.82. The average molecular weight is 336 g/mol. The third-order valence-corrected chi connectivity index (χ3v) is 4.13. The predicted molar refractivity (Wildman–Crippen MR) is 79.9 cm³/mol. The number of hydrogen-bond acceptors (Lipinski definition) is 2. The molecular formula is C16H15BrFNO. The minimum Gasteiger partial charge on any atom is -0.372 e. The highest BCUT2D eigenvalue weighted by molar-refractivity contribution is 9.10. The molecule has 0 saturated carbocycles. The standard InChI is InChI=1S/C16H15BrFNO/c1-19-16(14-7-13(17)4-5-15(14)18)10-2-3-11-8-20-9-12(11)6-10/h2-7,16,19H,8-9H2,1H3. The summed E-state index contributed by atoms with van der Waals surface area (Å²) in [4.78, 5) is 0. The second kappa shape index (κ2) is 5.64. The molecule has 2 aromatic rings. The van der Waals surface area contributed by atoms with Crippen LogP contribution in [-0.2, 0) is 18.0 Å². The Morgan fingerprint density at radius 2 is 1.95 bits per heavy atom. The van der Waals surface area contributed by atoms with Crippen LogP contribution >= 0.6 is 15.9 Å². The first-order valence-electron chi connectivity index (χ1n) is 6.50. The van der Waals surface area contributed by atoms with Crippen molar-refractivity contribution in [3.8, 4) is 0 Å². The molecular weight excluding hydrogens is 321 g/mol. The summed E-state index contributed by atoms with van der Waals surface area (Å²) in [5, 5.41) is 3.19. The smallest absolute Gasteiger partial charge is 0.128 e. The molecule has 0 radical (unpaired) electrons. The fourth-order valence-electron chi connectivity index (χ4n) is 2.61. The molecule has 1 aliphatic rings. The van der Waals surface area contributed by atoms with Gasteiger partial charge >= 0.3 is 0 Å². The largest absolute Gasteiger partial charge is 0.372 e. The van der Waals surface area contributed by atoms with Gasteiger partial charge in [0.05, 0.1) is 19.3 Å². The van der Waals surface area contributed by atoms with Gasteiger partial charge in [0.2, 0.25) is 0 Å². The highest BCUT2D eigenvalue weighted by Crippen LogP contribution is 2.30. The van der Waals surface area contributed by atoms with Crippen LogP contribution in [0.5, 0.6) is 0 Å². The Balaban J connectivity index is 2.03. The molecule has 1 unspecified atom stereocenters. The van der Waals surface area contributed by atoms with Crippen molar-refractivity contribution in [1.82, 2.24) is 5.32 Å². The van der Waals surface area contributed by atoms with Crippen molar-refractivity contribution in [1.29, 1.82) is 0 Å². The van der Waals surface area contributed by atoms with E-state index in [0.717, 1.165) is 10.0 Å². The summed E-state index contributed by atoms with van der Waals surface area (Å²) < 4.78 is 20.4. The maximum atomic E-state index is 14.1. The van der Waals surface area contributed by atoms with E-state index in [9.17, 15) is 4.39 Å². The number of ether oxygens (including phenoxy) is 1. The Morgan fingerprint density at radius 3 is 2.75 bits per heavy atom. The van der Waals surface area contributed by atoms with Crippen LogP contribution in [0.1, 0.15) is 28.3 Å². The quantitative estimate of drug-likeness (QED) is 0.917. The summed E-state index contributed by atoms with van der Waals surface area (Å²) in [7, 11) is 1.84. The van der Waals surface area contributed by atoms with E-state index in [1.54, 1.807) is 6.07 Å². The van der Waals surface area contributed by atoms with Gasteiger partial charge in [-0.15, -0.1) is 0 Å². The van der Waals surface area contributed by atoms with Gasteiger partial charge in [-0.05, 0) is 41.9 Å². The Labute approximate surface area is 126 Å². The predicted octanol–water partition coefficient (Wildman–Crippen LogP) is 3.93. The van der Waals surface area contributed by atoms with Gasteiger partial charge in [-0.25, -0.2) is 4.39 Å². The van der Waals surface area contributed by atoms with Crippen molar-refractivity contribution in [3.05, 3.63) is 68.9 Å². The number of nitrogens with one attached hydrogen (secondary N) is 1. The van der Waals surface area contributed by atoms with Gasteiger partial charge < -0.3 is 10.1 Å². The lowest BCUT2D eigenvalue weighted by atomic mass is 9.95. The van der Waals surface area contributed by atoms with Crippen molar-refractivity contribution < 1.29 is 9.13 Å². The van der Waals surface area contributed by atoms with Crippen LogP contribution < -0.4 is 5.32 Å². The third-order valence-electron chi connectivity index (χ3n) is 3.64. The zero-order valence-electron chi connectivity index (χ0n) is 11.1. The van der Waals surface area contributed by atoms with Crippen molar-refractivity contribution in [2.75, 3.05) is 7.05 Å². The van der Waals surface area contributed by atoms with E-state index in [-0.39, 0.29) is 11.9 Å². The van der Waals surface area contributed by atoms with Crippen LogP contribution in [0.4, 0.5) is 4.39 Å². The number of benzene rings is 2. The Kier molecular flexibility index (Phi) is 3.87. The molecule has 0 saturated heterocycles. The molecule has 0 aliphatic carbocycles. The van der Waals surface area contributed by atoms with Gasteiger partial charge in [0, 0.05) is 10.0 Å². The van der Waals surface area contributed by atoms with Crippen molar-refractivity contribution in [3.63, 3.8) is 0 Å². The summed E-state index contributed by atoms with van der Waals surface area (Å²) in [6.07, 6.45) is 0. The minimum absolute atomic E-state index is 0.168. The van der Waals surface area contributed by atoms with Crippen LogP contribution in [0.15, 0.2) is 40.9 Å². The fraction of sp³-hybridized carbons (Fsp3) is 0.250. The number of hydrogen-bond donors (Lipinski definition) is 1. The van der Waals surface area contributed by atoms with Crippen molar-refractivity contribution in [2.45, 2.75) is 19.3 Å². The van der Waals surface area contributed by atoms with Crippen LogP contribution in [0, 0.1) is 5.82 Å². The van der Waals surface area contributed by atoms with Gasteiger partial charge in [-0.2, -0.15) is 0 Å². The minimum atomic E-state index is -0.204. The normalized spacial score (nSPS) is 15.2. The molecule has 0 aromatic heterocycles. The highest BCUT2D eigenvalue weighted by atomic mass is 79.9. The molecule has 1 heterocycles. The average Bonchev–Trinajstić information content (AvgIpc) is 2.91. The molecule has 2 aromatic carbocycles. The molecule has 4 heteroatoms. The zero-order chi connectivity index (χ0) is 14.1. The van der Waals surface area contributed by atoms with E-state index in [0.29, 0.717) is 18.8 Å². The molecule has 0 bridgehead atoms. The molecule has 1 aliphatic heterocycles. The van der Waals surface area contributed by atoms with Crippen LogP contribution in [-0.4, -0.2) is 7.05 Å². The van der Waals surface area contributed by atoms with E-state index in [2.05, 4.69) is 33.4 Å². The first-order chi connectivity index (χ1) is 9.69. The molecule has 104 valence electrons. The maximum absolute atomic E-state index is 14.1. The van der Waals surface area contributed by atoms with E-state index in [1.807, 2.05) is 19.2 Å². The van der Waals surface area contributed by atoms with Crippen molar-refractivity contribution >= 4 is 15.9 Å². The zero-order valence-corrected chi connectivity index (χ0v) is 12.7. The SMILES string of the molecule is CNC(c1ccc2c(c1)COC2)c1cc(Br)ccc1F. The Bertz CT molecular complexity index is 644. The topological polar surface area (TPSA) is 21.3 Å². The first-order valence-corrected chi connectivity index (χ1v) is 7.30. The molecule has 1 N–H and O–H groups in total.